The van der Waals surface area contributed by atoms with Crippen LogP contribution in [-0.2, 0) is 4.79 Å². The molecule has 2 N–H and O–H groups in total. The fourth-order valence-electron chi connectivity index (χ4n) is 3.70. The lowest BCUT2D eigenvalue weighted by atomic mass is 10.1. The van der Waals surface area contributed by atoms with E-state index >= 15 is 0 Å². The van der Waals surface area contributed by atoms with Gasteiger partial charge in [0.1, 0.15) is 5.70 Å². The molecule has 7 heteroatoms. The van der Waals surface area contributed by atoms with E-state index in [0.717, 1.165) is 11.1 Å². The summed E-state index contributed by atoms with van der Waals surface area (Å²) in [6.07, 6.45) is 4.63. The van der Waals surface area contributed by atoms with Crippen LogP contribution in [0.1, 0.15) is 37.4 Å². The third kappa shape index (κ3) is 7.54. The Morgan fingerprint density at radius 2 is 1.49 bits per heavy atom. The van der Waals surface area contributed by atoms with Crippen LogP contribution in [0.2, 0.25) is 10.0 Å². The Morgan fingerprint density at radius 1 is 0.769 bits per heavy atom. The summed E-state index contributed by atoms with van der Waals surface area (Å²) < 4.78 is 0. The Morgan fingerprint density at radius 3 is 2.21 bits per heavy atom. The maximum absolute atomic E-state index is 13.2. The standard InChI is InChI=1S/C32H24Cl2N2O3/c1-21-7-5-8-22(19-21)20-28(36-31(38)25-9-3-2-4-10-25)32(39)35-26-16-13-23(14-17-26)29(37)18-15-24-11-6-12-27(33)30(24)34/h2-20H,1H3,(H,35,39)(H,36,38)/b18-15+,28-20-. The van der Waals surface area contributed by atoms with Crippen LogP contribution < -0.4 is 10.6 Å². The molecule has 0 bridgehead atoms. The molecule has 0 spiro atoms. The third-order valence-corrected chi connectivity index (χ3v) is 6.54. The largest absolute Gasteiger partial charge is 0.321 e. The first-order valence-corrected chi connectivity index (χ1v) is 12.8. The molecule has 4 aromatic rings. The van der Waals surface area contributed by atoms with Crippen molar-refractivity contribution in [2.75, 3.05) is 5.32 Å². The van der Waals surface area contributed by atoms with Crippen molar-refractivity contribution < 1.29 is 14.4 Å². The van der Waals surface area contributed by atoms with Crippen molar-refractivity contribution in [1.29, 1.82) is 0 Å². The number of ketones is 1. The average molecular weight is 555 g/mol. The number of hydrogen-bond donors (Lipinski definition) is 2. The van der Waals surface area contributed by atoms with Gasteiger partial charge in [0, 0.05) is 16.8 Å². The molecule has 0 fully saturated rings. The first kappa shape index (κ1) is 27.6. The third-order valence-electron chi connectivity index (χ3n) is 5.70. The lowest BCUT2D eigenvalue weighted by Gasteiger charge is -2.12. The maximum atomic E-state index is 13.2. The Labute approximate surface area is 236 Å². The maximum Gasteiger partial charge on any atom is 0.272 e. The van der Waals surface area contributed by atoms with E-state index in [2.05, 4.69) is 10.6 Å². The number of anilines is 1. The molecule has 5 nitrogen and oxygen atoms in total. The topological polar surface area (TPSA) is 75.3 Å². The zero-order valence-electron chi connectivity index (χ0n) is 21.0. The van der Waals surface area contributed by atoms with Gasteiger partial charge in [-0.25, -0.2) is 0 Å². The first-order valence-electron chi connectivity index (χ1n) is 12.0. The quantitative estimate of drug-likeness (QED) is 0.174. The van der Waals surface area contributed by atoms with Crippen LogP contribution in [0.15, 0.2) is 109 Å². The summed E-state index contributed by atoms with van der Waals surface area (Å²) in [5.41, 5.74) is 3.81. The fourth-order valence-corrected chi connectivity index (χ4v) is 4.07. The second-order valence-corrected chi connectivity index (χ2v) is 9.45. The number of nitrogens with one attached hydrogen (secondary N) is 2. The van der Waals surface area contributed by atoms with Crippen molar-refractivity contribution in [2.45, 2.75) is 6.92 Å². The van der Waals surface area contributed by atoms with Gasteiger partial charge in [-0.05, 0) is 78.7 Å². The zero-order valence-corrected chi connectivity index (χ0v) is 22.5. The van der Waals surface area contributed by atoms with Crippen molar-refractivity contribution >= 4 is 58.6 Å². The number of halogens is 2. The summed E-state index contributed by atoms with van der Waals surface area (Å²) in [5, 5.41) is 6.28. The van der Waals surface area contributed by atoms with E-state index in [4.69, 9.17) is 23.2 Å². The van der Waals surface area contributed by atoms with E-state index in [1.165, 1.54) is 6.08 Å². The summed E-state index contributed by atoms with van der Waals surface area (Å²) in [5.74, 6) is -1.15. The van der Waals surface area contributed by atoms with Crippen molar-refractivity contribution in [3.8, 4) is 0 Å². The van der Waals surface area contributed by atoms with Crippen molar-refractivity contribution in [1.82, 2.24) is 5.32 Å². The highest BCUT2D eigenvalue weighted by molar-refractivity contribution is 6.43. The van der Waals surface area contributed by atoms with E-state index in [1.54, 1.807) is 78.9 Å². The van der Waals surface area contributed by atoms with Crippen LogP contribution in [0.3, 0.4) is 0 Å². The molecule has 194 valence electrons. The van der Waals surface area contributed by atoms with Crippen molar-refractivity contribution in [3.63, 3.8) is 0 Å². The molecule has 0 saturated heterocycles. The van der Waals surface area contributed by atoms with Gasteiger partial charge in [0.15, 0.2) is 5.78 Å². The summed E-state index contributed by atoms with van der Waals surface area (Å²) in [6, 6.07) is 27.9. The molecule has 0 radical (unpaired) electrons. The van der Waals surface area contributed by atoms with Crippen LogP contribution in [0.25, 0.3) is 12.2 Å². The molecule has 0 unspecified atom stereocenters. The van der Waals surface area contributed by atoms with E-state index in [9.17, 15) is 14.4 Å². The minimum absolute atomic E-state index is 0.0796. The number of amides is 2. The fraction of sp³-hybridized carbons (Fsp3) is 0.0312. The second kappa shape index (κ2) is 12.9. The number of carbonyl (C=O) groups excluding carboxylic acids is 3. The Bertz CT molecular complexity index is 1580. The lowest BCUT2D eigenvalue weighted by molar-refractivity contribution is -0.113. The summed E-state index contributed by atoms with van der Waals surface area (Å²) in [7, 11) is 0. The molecule has 4 aromatic carbocycles. The van der Waals surface area contributed by atoms with E-state index in [-0.39, 0.29) is 11.5 Å². The van der Waals surface area contributed by atoms with Gasteiger partial charge in [0.25, 0.3) is 11.8 Å². The Hall–Kier alpha value is -4.45. The zero-order chi connectivity index (χ0) is 27.8. The van der Waals surface area contributed by atoms with Crippen LogP contribution >= 0.6 is 23.2 Å². The smallest absolute Gasteiger partial charge is 0.272 e. The van der Waals surface area contributed by atoms with E-state index < -0.39 is 11.8 Å². The number of aryl methyl sites for hydroxylation is 1. The van der Waals surface area contributed by atoms with Gasteiger partial charge in [-0.15, -0.1) is 0 Å². The summed E-state index contributed by atoms with van der Waals surface area (Å²) in [4.78, 5) is 38.6. The van der Waals surface area contributed by atoms with Crippen LogP contribution in [0, 0.1) is 6.92 Å². The normalized spacial score (nSPS) is 11.3. The SMILES string of the molecule is Cc1cccc(/C=C(\NC(=O)c2ccccc2)C(=O)Nc2ccc(C(=O)/C=C/c3cccc(Cl)c3Cl)cc2)c1. The molecule has 0 aliphatic heterocycles. The van der Waals surface area contributed by atoms with Gasteiger partial charge < -0.3 is 10.6 Å². The number of benzene rings is 4. The highest BCUT2D eigenvalue weighted by Crippen LogP contribution is 2.26. The van der Waals surface area contributed by atoms with Crippen LogP contribution in [0.5, 0.6) is 0 Å². The van der Waals surface area contributed by atoms with Crippen molar-refractivity contribution in [3.05, 3.63) is 147 Å². The van der Waals surface area contributed by atoms with Crippen LogP contribution in [0.4, 0.5) is 5.69 Å². The predicted molar refractivity (Wildman–Crippen MR) is 158 cm³/mol. The number of rotatable bonds is 8. The molecule has 0 aromatic heterocycles. The number of allylic oxidation sites excluding steroid dienone is 1. The molecule has 0 aliphatic rings. The molecule has 2 amide bonds. The highest BCUT2D eigenvalue weighted by atomic mass is 35.5. The van der Waals surface area contributed by atoms with Gasteiger partial charge in [0.2, 0.25) is 0 Å². The van der Waals surface area contributed by atoms with E-state index in [0.29, 0.717) is 32.4 Å². The molecule has 39 heavy (non-hydrogen) atoms. The van der Waals surface area contributed by atoms with Gasteiger partial charge in [-0.1, -0.05) is 83.4 Å². The molecule has 0 atom stereocenters. The van der Waals surface area contributed by atoms with Gasteiger partial charge in [-0.3, -0.25) is 14.4 Å². The highest BCUT2D eigenvalue weighted by Gasteiger charge is 2.15. The number of hydrogen-bond acceptors (Lipinski definition) is 3. The first-order chi connectivity index (χ1) is 18.8. The second-order valence-electron chi connectivity index (χ2n) is 8.66. The summed E-state index contributed by atoms with van der Waals surface area (Å²) in [6.45, 7) is 1.95. The lowest BCUT2D eigenvalue weighted by Crippen LogP contribution is -2.30. The monoisotopic (exact) mass is 554 g/mol. The van der Waals surface area contributed by atoms with Crippen LogP contribution in [-0.4, -0.2) is 17.6 Å². The van der Waals surface area contributed by atoms with Gasteiger partial charge in [-0.2, -0.15) is 0 Å². The minimum Gasteiger partial charge on any atom is -0.321 e. The molecule has 0 saturated carbocycles. The summed E-state index contributed by atoms with van der Waals surface area (Å²) >= 11 is 12.2. The molecule has 0 heterocycles. The Balaban J connectivity index is 1.50. The predicted octanol–water partition coefficient (Wildman–Crippen LogP) is 7.61. The minimum atomic E-state index is -0.504. The van der Waals surface area contributed by atoms with E-state index in [1.807, 2.05) is 37.3 Å². The molecular weight excluding hydrogens is 531 g/mol. The molecule has 4 rings (SSSR count). The molecule has 0 aliphatic carbocycles. The number of carbonyl (C=O) groups is 3. The van der Waals surface area contributed by atoms with Gasteiger partial charge in [0.05, 0.1) is 10.0 Å². The average Bonchev–Trinajstić information content (AvgIpc) is 2.94. The molecular formula is C32H24Cl2N2O3. The Kier molecular flexibility index (Phi) is 9.10. The van der Waals surface area contributed by atoms with Crippen molar-refractivity contribution in [2.24, 2.45) is 0 Å². The van der Waals surface area contributed by atoms with Gasteiger partial charge >= 0.3 is 0 Å².